The normalized spacial score (nSPS) is 0. The van der Waals surface area contributed by atoms with E-state index in [0.29, 0.717) is 0 Å². The first-order valence-electron chi connectivity index (χ1n) is 0. The van der Waals surface area contributed by atoms with Crippen LogP contribution in [0.3, 0.4) is 0 Å². The van der Waals surface area contributed by atoms with Crippen LogP contribution in [0.4, 0.5) is 0 Å². The quantitative estimate of drug-likeness (QED) is 0.380. The van der Waals surface area contributed by atoms with Gasteiger partial charge in [-0.25, -0.2) is 0 Å². The van der Waals surface area contributed by atoms with Crippen molar-refractivity contribution in [2.45, 2.75) is 0 Å². The SMILES string of the molecule is [Al+3].[Ni+2].[O-2].[O-2]. The van der Waals surface area contributed by atoms with Crippen molar-refractivity contribution in [3.8, 4) is 0 Å². The predicted octanol–water partition coefficient (Wildman–Crippen LogP) is -0.621. The molecule has 0 aromatic heterocycles. The first-order valence-corrected chi connectivity index (χ1v) is 0. The van der Waals surface area contributed by atoms with Gasteiger partial charge in [0.2, 0.25) is 0 Å². The fraction of sp³-hybridized carbons (Fsp3) is 0. The van der Waals surface area contributed by atoms with Gasteiger partial charge >= 0.3 is 33.9 Å². The zero-order valence-corrected chi connectivity index (χ0v) is 3.85. The first-order chi connectivity index (χ1) is 0. The van der Waals surface area contributed by atoms with E-state index in [1.165, 1.54) is 0 Å². The van der Waals surface area contributed by atoms with Gasteiger partial charge < -0.3 is 11.0 Å². The molecule has 0 atom stereocenters. The molecule has 0 unspecified atom stereocenters. The molecule has 4 heavy (non-hydrogen) atoms. The maximum atomic E-state index is 0. The van der Waals surface area contributed by atoms with Crippen LogP contribution in [-0.4, -0.2) is 17.4 Å². The molecule has 0 saturated carbocycles. The molecule has 0 fully saturated rings. The zero-order chi connectivity index (χ0) is 0. The fourth-order valence-electron chi connectivity index (χ4n) is 0. The summed E-state index contributed by atoms with van der Waals surface area (Å²) < 4.78 is 0. The Balaban J connectivity index is 0. The maximum absolute atomic E-state index is 0. The third-order valence-corrected chi connectivity index (χ3v) is 0. The molecular formula is AlNiO2+. The Bertz CT molecular complexity index is 6.00. The summed E-state index contributed by atoms with van der Waals surface area (Å²) in [5.41, 5.74) is 0. The van der Waals surface area contributed by atoms with Crippen LogP contribution >= 0.6 is 0 Å². The topological polar surface area (TPSA) is 57.0 Å². The molecule has 0 rings (SSSR count). The van der Waals surface area contributed by atoms with Crippen molar-refractivity contribution in [2.75, 3.05) is 0 Å². The van der Waals surface area contributed by atoms with E-state index in [9.17, 15) is 0 Å². The van der Waals surface area contributed by atoms with Gasteiger partial charge in [-0.3, -0.25) is 0 Å². The van der Waals surface area contributed by atoms with Gasteiger partial charge in [0.25, 0.3) is 0 Å². The van der Waals surface area contributed by atoms with Crippen LogP contribution in [0.1, 0.15) is 0 Å². The summed E-state index contributed by atoms with van der Waals surface area (Å²) in [7, 11) is 0. The van der Waals surface area contributed by atoms with E-state index >= 15 is 0 Å². The predicted molar refractivity (Wildman–Crippen MR) is 7.13 cm³/mol. The van der Waals surface area contributed by atoms with Crippen molar-refractivity contribution in [3.63, 3.8) is 0 Å². The molecule has 0 spiro atoms. The van der Waals surface area contributed by atoms with Gasteiger partial charge in [-0.05, 0) is 0 Å². The van der Waals surface area contributed by atoms with Crippen molar-refractivity contribution < 1.29 is 27.4 Å². The van der Waals surface area contributed by atoms with Crippen LogP contribution in [-0.2, 0) is 27.4 Å². The van der Waals surface area contributed by atoms with Crippen LogP contribution in [0.25, 0.3) is 0 Å². The Morgan fingerprint density at radius 1 is 0.750 bits per heavy atom. The van der Waals surface area contributed by atoms with Gasteiger partial charge in [0.15, 0.2) is 0 Å². The monoisotopic (exact) mass is 117 g/mol. The second kappa shape index (κ2) is 38.3. The summed E-state index contributed by atoms with van der Waals surface area (Å²) in [5, 5.41) is 0. The van der Waals surface area contributed by atoms with E-state index in [2.05, 4.69) is 0 Å². The minimum atomic E-state index is 0. The Morgan fingerprint density at radius 3 is 0.750 bits per heavy atom. The van der Waals surface area contributed by atoms with Gasteiger partial charge in [-0.1, -0.05) is 0 Å². The molecule has 0 radical (unpaired) electrons. The van der Waals surface area contributed by atoms with Crippen LogP contribution in [0.15, 0.2) is 0 Å². The summed E-state index contributed by atoms with van der Waals surface area (Å²) >= 11 is 0. The summed E-state index contributed by atoms with van der Waals surface area (Å²) in [6.07, 6.45) is 0. The van der Waals surface area contributed by atoms with Crippen LogP contribution in [0, 0.1) is 0 Å². The zero-order valence-electron chi connectivity index (χ0n) is 1.71. The molecule has 0 amide bonds. The third kappa shape index (κ3) is 12.5. The Labute approximate surface area is 45.3 Å². The average molecular weight is 118 g/mol. The fourth-order valence-corrected chi connectivity index (χ4v) is 0. The molecule has 4 heteroatoms. The minimum Gasteiger partial charge on any atom is -2.00 e. The summed E-state index contributed by atoms with van der Waals surface area (Å²) in [6.45, 7) is 0. The molecule has 0 heterocycles. The molecule has 0 aromatic carbocycles. The smallest absolute Gasteiger partial charge is 2.00 e. The molecule has 2 nitrogen and oxygen atoms in total. The number of rotatable bonds is 0. The van der Waals surface area contributed by atoms with E-state index in [1.807, 2.05) is 0 Å². The number of hydrogen-bond donors (Lipinski definition) is 0. The van der Waals surface area contributed by atoms with E-state index in [-0.39, 0.29) is 44.8 Å². The molecule has 0 N–H and O–H groups in total. The van der Waals surface area contributed by atoms with Gasteiger partial charge in [0.05, 0.1) is 0 Å². The van der Waals surface area contributed by atoms with Crippen molar-refractivity contribution in [1.82, 2.24) is 0 Å². The average Bonchev–Trinajstić information content (AvgIpc) is 0. The molecule has 0 bridgehead atoms. The summed E-state index contributed by atoms with van der Waals surface area (Å²) in [4.78, 5) is 0. The molecule has 0 aromatic rings. The molecule has 0 saturated heterocycles. The summed E-state index contributed by atoms with van der Waals surface area (Å²) in [6, 6.07) is 0. The van der Waals surface area contributed by atoms with Crippen molar-refractivity contribution in [3.05, 3.63) is 0 Å². The first kappa shape index (κ1) is 86.1. The Morgan fingerprint density at radius 2 is 0.750 bits per heavy atom. The standard InChI is InChI=1S/Al.Ni.2O/q+3;+2;2*-2. The molecule has 24 valence electrons. The molecule has 0 aliphatic rings. The Hall–Kier alpha value is 0.946. The Kier molecular flexibility index (Phi) is 823. The molecule has 0 aliphatic carbocycles. The van der Waals surface area contributed by atoms with Gasteiger partial charge in [0, 0.05) is 0 Å². The minimum absolute atomic E-state index is 0. The van der Waals surface area contributed by atoms with Gasteiger partial charge in [-0.15, -0.1) is 0 Å². The second-order valence-electron chi connectivity index (χ2n) is 0. The van der Waals surface area contributed by atoms with Crippen molar-refractivity contribution in [2.24, 2.45) is 0 Å². The van der Waals surface area contributed by atoms with E-state index < -0.39 is 0 Å². The van der Waals surface area contributed by atoms with Crippen LogP contribution < -0.4 is 0 Å². The summed E-state index contributed by atoms with van der Waals surface area (Å²) in [5.74, 6) is 0. The second-order valence-corrected chi connectivity index (χ2v) is 0. The van der Waals surface area contributed by atoms with E-state index in [1.54, 1.807) is 0 Å². The third-order valence-electron chi connectivity index (χ3n) is 0. The van der Waals surface area contributed by atoms with Crippen LogP contribution in [0.5, 0.6) is 0 Å². The molecular weight excluding hydrogens is 118 g/mol. The van der Waals surface area contributed by atoms with Gasteiger partial charge in [-0.2, -0.15) is 0 Å². The maximum Gasteiger partial charge on any atom is 3.00 e. The van der Waals surface area contributed by atoms with Crippen molar-refractivity contribution in [1.29, 1.82) is 0 Å². The van der Waals surface area contributed by atoms with Crippen molar-refractivity contribution >= 4 is 17.4 Å². The number of hydrogen-bond acceptors (Lipinski definition) is 0. The van der Waals surface area contributed by atoms with E-state index in [4.69, 9.17) is 0 Å². The van der Waals surface area contributed by atoms with Gasteiger partial charge in [0.1, 0.15) is 0 Å². The van der Waals surface area contributed by atoms with E-state index in [0.717, 1.165) is 0 Å². The largest absolute Gasteiger partial charge is 3.00 e. The van der Waals surface area contributed by atoms with Crippen LogP contribution in [0.2, 0.25) is 0 Å². The molecule has 0 aliphatic heterocycles.